The van der Waals surface area contributed by atoms with E-state index in [-0.39, 0.29) is 11.2 Å². The Bertz CT molecular complexity index is 334. The van der Waals surface area contributed by atoms with E-state index >= 15 is 0 Å². The van der Waals surface area contributed by atoms with Crippen LogP contribution in [0.3, 0.4) is 0 Å². The van der Waals surface area contributed by atoms with Gasteiger partial charge in [-0.05, 0) is 38.5 Å². The quantitative estimate of drug-likeness (QED) is 0.732. The number of thiocarbonyl (C=S) groups is 1. The summed E-state index contributed by atoms with van der Waals surface area (Å²) in [5, 5.41) is -0.0403. The molecule has 2 rings (SSSR count). The van der Waals surface area contributed by atoms with Crippen molar-refractivity contribution in [2.24, 2.45) is 5.92 Å². The van der Waals surface area contributed by atoms with Crippen molar-refractivity contribution in [3.05, 3.63) is 0 Å². The lowest BCUT2D eigenvalue weighted by molar-refractivity contribution is -0.131. The van der Waals surface area contributed by atoms with Crippen LogP contribution in [0.2, 0.25) is 0 Å². The molecule has 0 bridgehead atoms. The summed E-state index contributed by atoms with van der Waals surface area (Å²) >= 11 is 7.01. The van der Waals surface area contributed by atoms with Crippen LogP contribution in [0, 0.1) is 5.92 Å². The van der Waals surface area contributed by atoms with Gasteiger partial charge in [-0.2, -0.15) is 0 Å². The molecule has 0 spiro atoms. The summed E-state index contributed by atoms with van der Waals surface area (Å²) in [7, 11) is 0. The van der Waals surface area contributed by atoms with E-state index in [1.54, 1.807) is 11.8 Å². The predicted molar refractivity (Wildman–Crippen MR) is 85.4 cm³/mol. The smallest absolute Gasteiger partial charge is 0.235 e. The van der Waals surface area contributed by atoms with E-state index in [1.807, 2.05) is 11.8 Å². The van der Waals surface area contributed by atoms with E-state index in [0.29, 0.717) is 0 Å². The molecule has 0 saturated carbocycles. The minimum Gasteiger partial charge on any atom is -0.358 e. The Balaban J connectivity index is 1.80. The summed E-state index contributed by atoms with van der Waals surface area (Å²) in [4.78, 5) is 16.6. The molecule has 0 N–H and O–H groups in total. The van der Waals surface area contributed by atoms with E-state index in [0.717, 1.165) is 49.3 Å². The van der Waals surface area contributed by atoms with Gasteiger partial charge in [0, 0.05) is 26.2 Å². The van der Waals surface area contributed by atoms with Crippen molar-refractivity contribution in [3.8, 4) is 0 Å². The molecule has 1 amide bonds. The zero-order chi connectivity index (χ0) is 13.8. The molecule has 0 aromatic carbocycles. The van der Waals surface area contributed by atoms with Crippen molar-refractivity contribution in [3.63, 3.8) is 0 Å². The fourth-order valence-corrected chi connectivity index (χ4v) is 4.16. The van der Waals surface area contributed by atoms with Crippen LogP contribution in [-0.4, -0.2) is 51.5 Å². The second kappa shape index (κ2) is 6.93. The number of nitrogens with zero attached hydrogens (tertiary/aromatic N) is 2. The van der Waals surface area contributed by atoms with Gasteiger partial charge in [0.2, 0.25) is 5.91 Å². The summed E-state index contributed by atoms with van der Waals surface area (Å²) in [6.45, 7) is 8.22. The highest BCUT2D eigenvalue weighted by molar-refractivity contribution is 8.23. The lowest BCUT2D eigenvalue weighted by Crippen LogP contribution is -2.42. The highest BCUT2D eigenvalue weighted by Crippen LogP contribution is 2.23. The Kier molecular flexibility index (Phi) is 5.51. The minimum atomic E-state index is -0.0403. The van der Waals surface area contributed by atoms with Gasteiger partial charge in [0.1, 0.15) is 4.32 Å². The largest absolute Gasteiger partial charge is 0.358 e. The lowest BCUT2D eigenvalue weighted by Gasteiger charge is -2.32. The van der Waals surface area contributed by atoms with Gasteiger partial charge in [0.25, 0.3) is 0 Å². The molecule has 108 valence electrons. The van der Waals surface area contributed by atoms with Crippen molar-refractivity contribution in [1.82, 2.24) is 9.80 Å². The molecule has 2 aliphatic heterocycles. The van der Waals surface area contributed by atoms with E-state index in [2.05, 4.69) is 11.8 Å². The molecular weight excluding hydrogens is 276 g/mol. The van der Waals surface area contributed by atoms with Gasteiger partial charge in [-0.1, -0.05) is 30.9 Å². The summed E-state index contributed by atoms with van der Waals surface area (Å²) in [5.41, 5.74) is 0. The number of hydrogen-bond acceptors (Lipinski definition) is 3. The van der Waals surface area contributed by atoms with Crippen LogP contribution < -0.4 is 0 Å². The van der Waals surface area contributed by atoms with E-state index in [4.69, 9.17) is 12.2 Å². The third kappa shape index (κ3) is 4.09. The normalized spacial score (nSPS) is 22.6. The van der Waals surface area contributed by atoms with Crippen molar-refractivity contribution < 1.29 is 4.79 Å². The maximum atomic E-state index is 12.4. The number of rotatable bonds is 2. The van der Waals surface area contributed by atoms with Gasteiger partial charge in [-0.15, -0.1) is 0 Å². The van der Waals surface area contributed by atoms with Crippen molar-refractivity contribution in [2.75, 3.05) is 26.2 Å². The molecule has 2 heterocycles. The monoisotopic (exact) mass is 300 g/mol. The maximum Gasteiger partial charge on any atom is 0.235 e. The fourth-order valence-electron chi connectivity index (χ4n) is 2.66. The number of carbonyl (C=O) groups excluding carboxylic acids is 1. The first kappa shape index (κ1) is 15.1. The molecule has 0 aliphatic carbocycles. The van der Waals surface area contributed by atoms with E-state index < -0.39 is 0 Å². The molecule has 3 nitrogen and oxygen atoms in total. The van der Waals surface area contributed by atoms with Gasteiger partial charge >= 0.3 is 0 Å². The summed E-state index contributed by atoms with van der Waals surface area (Å²) in [5.74, 6) is 1.02. The molecule has 1 unspecified atom stereocenters. The fraction of sp³-hybridized carbons (Fsp3) is 0.857. The number of amides is 1. The van der Waals surface area contributed by atoms with E-state index in [9.17, 15) is 4.79 Å². The SMILES string of the molecule is CC1CCN(C(=O)C(C)SC(=S)N2CCCC2)CC1. The van der Waals surface area contributed by atoms with Crippen LogP contribution in [0.4, 0.5) is 0 Å². The number of thioether (sulfide) groups is 1. The minimum absolute atomic E-state index is 0.0403. The third-order valence-electron chi connectivity index (χ3n) is 4.08. The molecule has 1 atom stereocenters. The second-order valence-corrected chi connectivity index (χ2v) is 7.70. The number of likely N-dealkylation sites (tertiary alicyclic amines) is 2. The van der Waals surface area contributed by atoms with Crippen molar-refractivity contribution >= 4 is 34.2 Å². The second-order valence-electron chi connectivity index (χ2n) is 5.73. The van der Waals surface area contributed by atoms with Crippen LogP contribution in [0.1, 0.15) is 39.5 Å². The van der Waals surface area contributed by atoms with Crippen molar-refractivity contribution in [1.29, 1.82) is 0 Å². The summed E-state index contributed by atoms with van der Waals surface area (Å²) in [6, 6.07) is 0. The van der Waals surface area contributed by atoms with Gasteiger partial charge < -0.3 is 9.80 Å². The zero-order valence-electron chi connectivity index (χ0n) is 11.9. The van der Waals surface area contributed by atoms with Crippen LogP contribution in [0.5, 0.6) is 0 Å². The Morgan fingerprint density at radius 1 is 1.16 bits per heavy atom. The molecule has 0 aromatic heterocycles. The first-order valence-electron chi connectivity index (χ1n) is 7.32. The van der Waals surface area contributed by atoms with Crippen LogP contribution in [0.25, 0.3) is 0 Å². The average Bonchev–Trinajstić information content (AvgIpc) is 2.92. The Morgan fingerprint density at radius 2 is 1.74 bits per heavy atom. The van der Waals surface area contributed by atoms with Crippen LogP contribution in [0.15, 0.2) is 0 Å². The maximum absolute atomic E-state index is 12.4. The molecule has 0 aromatic rings. The highest BCUT2D eigenvalue weighted by atomic mass is 32.2. The molecule has 19 heavy (non-hydrogen) atoms. The molecular formula is C14H24N2OS2. The Labute approximate surface area is 126 Å². The molecule has 2 aliphatic rings. The predicted octanol–water partition coefficient (Wildman–Crippen LogP) is 2.75. The topological polar surface area (TPSA) is 23.6 Å². The van der Waals surface area contributed by atoms with Crippen LogP contribution >= 0.6 is 24.0 Å². The number of piperidine rings is 1. The van der Waals surface area contributed by atoms with Gasteiger partial charge in [-0.3, -0.25) is 4.79 Å². The molecule has 2 fully saturated rings. The average molecular weight is 300 g/mol. The number of carbonyl (C=O) groups is 1. The molecule has 5 heteroatoms. The number of hydrogen-bond donors (Lipinski definition) is 0. The Morgan fingerprint density at radius 3 is 2.32 bits per heavy atom. The van der Waals surface area contributed by atoms with Crippen LogP contribution in [-0.2, 0) is 4.79 Å². The van der Waals surface area contributed by atoms with Gasteiger partial charge in [0.05, 0.1) is 5.25 Å². The third-order valence-corrected chi connectivity index (χ3v) is 5.65. The molecule has 0 radical (unpaired) electrons. The Hall–Kier alpha value is -0.290. The van der Waals surface area contributed by atoms with Crippen molar-refractivity contribution in [2.45, 2.75) is 44.8 Å². The first-order chi connectivity index (χ1) is 9.08. The first-order valence-corrected chi connectivity index (χ1v) is 8.61. The standard InChI is InChI=1S/C14H24N2OS2/c1-11-5-9-15(10-6-11)13(17)12(2)19-14(18)16-7-3-4-8-16/h11-12H,3-10H2,1-2H3. The van der Waals surface area contributed by atoms with Gasteiger partial charge in [-0.25, -0.2) is 0 Å². The highest BCUT2D eigenvalue weighted by Gasteiger charge is 2.27. The summed E-state index contributed by atoms with van der Waals surface area (Å²) in [6.07, 6.45) is 4.74. The zero-order valence-corrected chi connectivity index (χ0v) is 13.6. The van der Waals surface area contributed by atoms with E-state index in [1.165, 1.54) is 12.8 Å². The van der Waals surface area contributed by atoms with Gasteiger partial charge in [0.15, 0.2) is 0 Å². The summed E-state index contributed by atoms with van der Waals surface area (Å²) < 4.78 is 0.906. The molecule has 2 saturated heterocycles. The lowest BCUT2D eigenvalue weighted by atomic mass is 9.99.